The molecule has 6 nitrogen and oxygen atoms in total. The maximum atomic E-state index is 11.4. The molecule has 28 heavy (non-hydrogen) atoms. The van der Waals surface area contributed by atoms with Crippen molar-refractivity contribution in [2.24, 2.45) is 0 Å². The van der Waals surface area contributed by atoms with Crippen LogP contribution in [0.15, 0.2) is 36.4 Å². The van der Waals surface area contributed by atoms with Crippen LogP contribution in [-0.4, -0.2) is 30.3 Å². The normalized spacial score (nSPS) is 10.6. The van der Waals surface area contributed by atoms with Gasteiger partial charge in [0.2, 0.25) is 0 Å². The van der Waals surface area contributed by atoms with E-state index >= 15 is 0 Å². The van der Waals surface area contributed by atoms with E-state index in [-0.39, 0.29) is 6.42 Å². The van der Waals surface area contributed by atoms with Gasteiger partial charge in [-0.3, -0.25) is 4.79 Å². The van der Waals surface area contributed by atoms with Crippen LogP contribution in [-0.2, 0) is 11.2 Å². The third kappa shape index (κ3) is 4.67. The highest BCUT2D eigenvalue weighted by Gasteiger charge is 2.20. The number of nitrogens with one attached hydrogen (secondary N) is 1. The predicted molar refractivity (Wildman–Crippen MR) is 112 cm³/mol. The number of halogens is 2. The zero-order valence-electron chi connectivity index (χ0n) is 15.0. The molecule has 0 amide bonds. The summed E-state index contributed by atoms with van der Waals surface area (Å²) in [6.45, 7) is 0. The van der Waals surface area contributed by atoms with Crippen molar-refractivity contribution in [3.63, 3.8) is 0 Å². The van der Waals surface area contributed by atoms with Crippen LogP contribution in [0.4, 0.5) is 10.8 Å². The first-order chi connectivity index (χ1) is 13.4. The summed E-state index contributed by atoms with van der Waals surface area (Å²) in [5, 5.41) is 13.9. The number of benzene rings is 2. The number of methoxy groups -OCH3 is 2. The molecule has 3 aromatic rings. The SMILES string of the molecule is COc1ccc(OC)c(-c2nc(Nc3cc(Cl)cc(Cl)c3)sc2CC(=O)O)c1. The van der Waals surface area contributed by atoms with Crippen LogP contribution in [0.2, 0.25) is 10.0 Å². The fourth-order valence-corrected chi connectivity index (χ4v) is 4.13. The summed E-state index contributed by atoms with van der Waals surface area (Å²) in [6, 6.07) is 10.3. The van der Waals surface area contributed by atoms with E-state index in [0.29, 0.717) is 48.5 Å². The summed E-state index contributed by atoms with van der Waals surface area (Å²) in [5.74, 6) is 0.223. The molecule has 0 fully saturated rings. The van der Waals surface area contributed by atoms with Crippen LogP contribution in [0.1, 0.15) is 4.88 Å². The third-order valence-corrected chi connectivity index (χ3v) is 5.19. The van der Waals surface area contributed by atoms with Crippen molar-refractivity contribution in [1.82, 2.24) is 4.98 Å². The summed E-state index contributed by atoms with van der Waals surface area (Å²) < 4.78 is 10.7. The molecule has 2 aromatic carbocycles. The Labute approximate surface area is 175 Å². The number of aromatic nitrogens is 1. The summed E-state index contributed by atoms with van der Waals surface area (Å²) in [5.41, 5.74) is 1.81. The fourth-order valence-electron chi connectivity index (χ4n) is 2.62. The monoisotopic (exact) mass is 438 g/mol. The second kappa shape index (κ2) is 8.68. The molecule has 1 heterocycles. The number of rotatable bonds is 7. The minimum Gasteiger partial charge on any atom is -0.497 e. The summed E-state index contributed by atoms with van der Waals surface area (Å²) in [7, 11) is 3.10. The van der Waals surface area contributed by atoms with Gasteiger partial charge in [-0.15, -0.1) is 11.3 Å². The first-order valence-electron chi connectivity index (χ1n) is 8.06. The van der Waals surface area contributed by atoms with Gasteiger partial charge in [-0.1, -0.05) is 23.2 Å². The predicted octanol–water partition coefficient (Wildman–Crippen LogP) is 5.50. The number of aliphatic carboxylic acids is 1. The molecular formula is C19H16Cl2N2O4S. The molecule has 0 saturated carbocycles. The van der Waals surface area contributed by atoms with Gasteiger partial charge in [0, 0.05) is 26.2 Å². The number of carbonyl (C=O) groups is 1. The molecule has 146 valence electrons. The Kier molecular flexibility index (Phi) is 6.28. The Morgan fingerprint density at radius 2 is 1.86 bits per heavy atom. The van der Waals surface area contributed by atoms with Crippen molar-refractivity contribution in [3.05, 3.63) is 51.3 Å². The van der Waals surface area contributed by atoms with Crippen LogP contribution in [0.3, 0.4) is 0 Å². The lowest BCUT2D eigenvalue weighted by atomic mass is 10.1. The highest BCUT2D eigenvalue weighted by Crippen LogP contribution is 2.39. The lowest BCUT2D eigenvalue weighted by Gasteiger charge is -2.10. The number of hydrogen-bond acceptors (Lipinski definition) is 6. The fraction of sp³-hybridized carbons (Fsp3) is 0.158. The quantitative estimate of drug-likeness (QED) is 0.506. The molecule has 0 atom stereocenters. The molecule has 0 aliphatic rings. The molecular weight excluding hydrogens is 423 g/mol. The van der Waals surface area contributed by atoms with E-state index in [2.05, 4.69) is 10.3 Å². The Morgan fingerprint density at radius 1 is 1.14 bits per heavy atom. The molecule has 0 radical (unpaired) electrons. The summed E-state index contributed by atoms with van der Waals surface area (Å²) in [6.07, 6.45) is -0.175. The number of ether oxygens (including phenoxy) is 2. The van der Waals surface area contributed by atoms with Crippen molar-refractivity contribution in [2.75, 3.05) is 19.5 Å². The van der Waals surface area contributed by atoms with Gasteiger partial charge < -0.3 is 19.9 Å². The van der Waals surface area contributed by atoms with Gasteiger partial charge >= 0.3 is 5.97 Å². The highest BCUT2D eigenvalue weighted by molar-refractivity contribution is 7.16. The first kappa shape index (κ1) is 20.3. The maximum absolute atomic E-state index is 11.4. The van der Waals surface area contributed by atoms with Gasteiger partial charge in [-0.25, -0.2) is 4.98 Å². The molecule has 0 aliphatic heterocycles. The van der Waals surface area contributed by atoms with Crippen molar-refractivity contribution >= 4 is 51.3 Å². The number of hydrogen-bond donors (Lipinski definition) is 2. The molecule has 0 bridgehead atoms. The average Bonchev–Trinajstić information content (AvgIpc) is 3.01. The Morgan fingerprint density at radius 3 is 2.46 bits per heavy atom. The molecule has 3 rings (SSSR count). The number of carboxylic acid groups (broad SMARTS) is 1. The summed E-state index contributed by atoms with van der Waals surface area (Å²) >= 11 is 13.3. The van der Waals surface area contributed by atoms with E-state index in [1.165, 1.54) is 11.3 Å². The molecule has 0 spiro atoms. The van der Waals surface area contributed by atoms with Gasteiger partial charge in [-0.2, -0.15) is 0 Å². The smallest absolute Gasteiger partial charge is 0.308 e. The Bertz CT molecular complexity index is 1000. The van der Waals surface area contributed by atoms with E-state index in [4.69, 9.17) is 32.7 Å². The van der Waals surface area contributed by atoms with Crippen molar-refractivity contribution in [2.45, 2.75) is 6.42 Å². The molecule has 0 unspecified atom stereocenters. The van der Waals surface area contributed by atoms with Gasteiger partial charge in [-0.05, 0) is 36.4 Å². The van der Waals surface area contributed by atoms with Gasteiger partial charge in [0.05, 0.1) is 26.3 Å². The van der Waals surface area contributed by atoms with Crippen molar-refractivity contribution in [1.29, 1.82) is 0 Å². The molecule has 2 N–H and O–H groups in total. The summed E-state index contributed by atoms with van der Waals surface area (Å²) in [4.78, 5) is 16.5. The molecule has 1 aromatic heterocycles. The number of thiazole rings is 1. The zero-order valence-corrected chi connectivity index (χ0v) is 17.3. The van der Waals surface area contributed by atoms with E-state index in [9.17, 15) is 9.90 Å². The third-order valence-electron chi connectivity index (χ3n) is 3.78. The minimum atomic E-state index is -0.955. The van der Waals surface area contributed by atoms with Crippen LogP contribution in [0.25, 0.3) is 11.3 Å². The molecule has 0 aliphatic carbocycles. The van der Waals surface area contributed by atoms with E-state index < -0.39 is 5.97 Å². The first-order valence-corrected chi connectivity index (χ1v) is 9.64. The number of anilines is 2. The zero-order chi connectivity index (χ0) is 20.3. The molecule has 0 saturated heterocycles. The topological polar surface area (TPSA) is 80.7 Å². The van der Waals surface area contributed by atoms with E-state index in [1.54, 1.807) is 50.6 Å². The minimum absolute atomic E-state index is 0.175. The van der Waals surface area contributed by atoms with E-state index in [0.717, 1.165) is 0 Å². The second-order valence-electron chi connectivity index (χ2n) is 5.71. The Hall–Kier alpha value is -2.48. The lowest BCUT2D eigenvalue weighted by molar-refractivity contribution is -0.136. The van der Waals surface area contributed by atoms with Crippen LogP contribution < -0.4 is 14.8 Å². The van der Waals surface area contributed by atoms with Gasteiger partial charge in [0.1, 0.15) is 11.5 Å². The standard InChI is InChI=1S/C19H16Cl2N2O4S/c1-26-13-3-4-15(27-2)14(8-13)18-16(9-17(24)25)28-19(23-18)22-12-6-10(20)5-11(21)7-12/h3-8H,9H2,1-2H3,(H,22,23)(H,24,25). The Balaban J connectivity index is 2.07. The lowest BCUT2D eigenvalue weighted by Crippen LogP contribution is -2.00. The average molecular weight is 439 g/mol. The van der Waals surface area contributed by atoms with Gasteiger partial charge in [0.25, 0.3) is 0 Å². The van der Waals surface area contributed by atoms with Crippen LogP contribution >= 0.6 is 34.5 Å². The van der Waals surface area contributed by atoms with Crippen LogP contribution in [0, 0.1) is 0 Å². The van der Waals surface area contributed by atoms with E-state index in [1.807, 2.05) is 0 Å². The van der Waals surface area contributed by atoms with Crippen molar-refractivity contribution < 1.29 is 19.4 Å². The van der Waals surface area contributed by atoms with Crippen LogP contribution in [0.5, 0.6) is 11.5 Å². The molecule has 9 heteroatoms. The maximum Gasteiger partial charge on any atom is 0.308 e. The van der Waals surface area contributed by atoms with Crippen molar-refractivity contribution in [3.8, 4) is 22.8 Å². The van der Waals surface area contributed by atoms with Gasteiger partial charge in [0.15, 0.2) is 5.13 Å². The highest BCUT2D eigenvalue weighted by atomic mass is 35.5. The number of carboxylic acids is 1. The largest absolute Gasteiger partial charge is 0.497 e. The second-order valence-corrected chi connectivity index (χ2v) is 7.67. The number of nitrogens with zero attached hydrogens (tertiary/aromatic N) is 1.